The molecule has 2 aliphatic heterocycles. The highest BCUT2D eigenvalue weighted by atomic mass is 19.4. The molecule has 0 aliphatic carbocycles. The number of nitrogens with zero attached hydrogens (tertiary/aromatic N) is 5. The quantitative estimate of drug-likeness (QED) is 0.108. The van der Waals surface area contributed by atoms with Gasteiger partial charge in [-0.2, -0.15) is 18.3 Å². The zero-order valence-electron chi connectivity index (χ0n) is 28.5. The fourth-order valence-corrected chi connectivity index (χ4v) is 5.91. The van der Waals surface area contributed by atoms with Crippen molar-refractivity contribution in [2.75, 3.05) is 50.7 Å². The smallest absolute Gasteiger partial charge is 0.416 e. The number of ether oxygens (including phenoxy) is 3. The van der Waals surface area contributed by atoms with Gasteiger partial charge in [0.1, 0.15) is 5.75 Å². The Kier molecular flexibility index (Phi) is 10.8. The summed E-state index contributed by atoms with van der Waals surface area (Å²) in [5.41, 5.74) is -1.98. The highest BCUT2D eigenvalue weighted by molar-refractivity contribution is 6.50. The molecule has 0 radical (unpaired) electrons. The first kappa shape index (κ1) is 36.6. The Bertz CT molecular complexity index is 2170. The van der Waals surface area contributed by atoms with E-state index in [1.165, 1.54) is 63.3 Å². The van der Waals surface area contributed by atoms with Gasteiger partial charge in [0.2, 0.25) is 5.82 Å². The molecule has 6 rings (SSSR count). The zero-order chi connectivity index (χ0) is 37.7. The summed E-state index contributed by atoms with van der Waals surface area (Å²) in [4.78, 5) is 44.8. The Morgan fingerprint density at radius 3 is 2.45 bits per heavy atom. The van der Waals surface area contributed by atoms with Gasteiger partial charge in [-0.05, 0) is 74.8 Å². The number of hydrazone groups is 1. The number of anilines is 2. The van der Waals surface area contributed by atoms with Crippen LogP contribution in [0.2, 0.25) is 0 Å². The van der Waals surface area contributed by atoms with E-state index in [2.05, 4.69) is 20.3 Å². The fourth-order valence-electron chi connectivity index (χ4n) is 5.91. The van der Waals surface area contributed by atoms with Crippen LogP contribution in [-0.2, 0) is 20.6 Å². The van der Waals surface area contributed by atoms with Crippen molar-refractivity contribution in [2.45, 2.75) is 25.4 Å². The summed E-state index contributed by atoms with van der Waals surface area (Å²) in [6.45, 7) is 3.65. The van der Waals surface area contributed by atoms with Gasteiger partial charge in [-0.1, -0.05) is 6.07 Å². The van der Waals surface area contributed by atoms with Crippen molar-refractivity contribution in [1.29, 1.82) is 0 Å². The largest absolute Gasteiger partial charge is 0.493 e. The SMILES string of the molecule is COc1cc2c(Oc3ccc(NC(=O)C4=NN(c5cccc(C(F)(F)F)c5)C(=C=O)N(C)C4=C=O)cc3F)ccnc2cc1OCCCN1CCCC1. The number of benzene rings is 3. The molecule has 0 spiro atoms. The molecule has 4 aromatic rings. The van der Waals surface area contributed by atoms with Crippen LogP contribution < -0.4 is 24.5 Å². The third-order valence-electron chi connectivity index (χ3n) is 8.57. The van der Waals surface area contributed by atoms with Crippen LogP contribution >= 0.6 is 0 Å². The van der Waals surface area contributed by atoms with Crippen molar-refractivity contribution in [3.63, 3.8) is 0 Å². The van der Waals surface area contributed by atoms with Gasteiger partial charge in [0.25, 0.3) is 5.91 Å². The number of pyridine rings is 1. The molecule has 1 aromatic heterocycles. The highest BCUT2D eigenvalue weighted by Crippen LogP contribution is 2.38. The normalized spacial score (nSPS) is 14.9. The van der Waals surface area contributed by atoms with Gasteiger partial charge in [0, 0.05) is 43.0 Å². The molecular formula is C37H32F4N6O6. The van der Waals surface area contributed by atoms with E-state index in [9.17, 15) is 27.6 Å². The molecule has 2 aliphatic rings. The summed E-state index contributed by atoms with van der Waals surface area (Å²) in [5, 5.41) is 7.65. The van der Waals surface area contributed by atoms with Crippen LogP contribution in [0.1, 0.15) is 24.8 Å². The lowest BCUT2D eigenvalue weighted by Crippen LogP contribution is -2.43. The number of hydrogen-bond acceptors (Lipinski definition) is 11. The van der Waals surface area contributed by atoms with Crippen molar-refractivity contribution in [3.05, 3.63) is 89.8 Å². The zero-order valence-corrected chi connectivity index (χ0v) is 28.5. The lowest BCUT2D eigenvalue weighted by atomic mass is 10.1. The van der Waals surface area contributed by atoms with Crippen molar-refractivity contribution < 1.29 is 46.2 Å². The number of carbonyl (C=O) groups excluding carboxylic acids is 3. The first-order valence-corrected chi connectivity index (χ1v) is 16.4. The van der Waals surface area contributed by atoms with Gasteiger partial charge >= 0.3 is 6.18 Å². The minimum Gasteiger partial charge on any atom is -0.493 e. The van der Waals surface area contributed by atoms with Gasteiger partial charge in [-0.3, -0.25) is 9.78 Å². The number of methoxy groups -OCH3 is 1. The van der Waals surface area contributed by atoms with Crippen LogP contribution in [-0.4, -0.2) is 78.7 Å². The van der Waals surface area contributed by atoms with Crippen molar-refractivity contribution in [1.82, 2.24) is 14.8 Å². The van der Waals surface area contributed by atoms with Crippen LogP contribution in [0.4, 0.5) is 28.9 Å². The molecule has 0 atom stereocenters. The standard InChI is InChI=1S/C37H32F4N6O6/c1-45-29(21-48)35(44-47(34(45)22-49)25-8-5-7-23(17-25)37(39,40)41)36(50)43-24-9-10-31(27(38)18-24)53-30-11-12-42-28-20-33(32(51-2)19-26(28)30)52-16-6-15-46-13-3-4-14-46/h5,7-12,17-20H,3-4,6,13-16H2,1-2H3,(H,43,50). The lowest BCUT2D eigenvalue weighted by Gasteiger charge is -2.32. The number of amides is 1. The second-order valence-corrected chi connectivity index (χ2v) is 12.0. The molecule has 1 N–H and O–H groups in total. The molecule has 1 fully saturated rings. The van der Waals surface area contributed by atoms with Gasteiger partial charge in [0.05, 0.1) is 30.5 Å². The predicted molar refractivity (Wildman–Crippen MR) is 187 cm³/mol. The molecular weight excluding hydrogens is 700 g/mol. The molecule has 12 nitrogen and oxygen atoms in total. The number of carbonyl (C=O) groups is 1. The van der Waals surface area contributed by atoms with E-state index >= 15 is 4.39 Å². The summed E-state index contributed by atoms with van der Waals surface area (Å²) in [7, 11) is 2.71. The number of fused-ring (bicyclic) bond motifs is 1. The third-order valence-corrected chi connectivity index (χ3v) is 8.57. The van der Waals surface area contributed by atoms with Crippen molar-refractivity contribution >= 4 is 45.8 Å². The Morgan fingerprint density at radius 1 is 0.962 bits per heavy atom. The minimum atomic E-state index is -4.72. The monoisotopic (exact) mass is 732 g/mol. The molecule has 1 amide bonds. The minimum absolute atomic E-state index is 0.0782. The van der Waals surface area contributed by atoms with E-state index < -0.39 is 40.7 Å². The Labute approximate surface area is 300 Å². The molecule has 274 valence electrons. The highest BCUT2D eigenvalue weighted by Gasteiger charge is 2.36. The van der Waals surface area contributed by atoms with Crippen LogP contribution in [0, 0.1) is 5.82 Å². The molecule has 16 heteroatoms. The second kappa shape index (κ2) is 15.6. The summed E-state index contributed by atoms with van der Waals surface area (Å²) in [5.74, 6) is 1.65. The lowest BCUT2D eigenvalue weighted by molar-refractivity contribution is -0.137. The number of alkyl halides is 3. The average Bonchev–Trinajstić information content (AvgIpc) is 3.67. The summed E-state index contributed by atoms with van der Waals surface area (Å²) in [6.07, 6.45) is 0.0677. The summed E-state index contributed by atoms with van der Waals surface area (Å²) < 4.78 is 73.2. The maximum Gasteiger partial charge on any atom is 0.416 e. The average molecular weight is 733 g/mol. The summed E-state index contributed by atoms with van der Waals surface area (Å²) in [6, 6.07) is 12.3. The van der Waals surface area contributed by atoms with E-state index in [0.717, 1.165) is 54.2 Å². The van der Waals surface area contributed by atoms with E-state index in [1.54, 1.807) is 18.2 Å². The van der Waals surface area contributed by atoms with Crippen molar-refractivity contribution in [3.8, 4) is 23.0 Å². The molecule has 0 bridgehead atoms. The Hall–Kier alpha value is -6.21. The van der Waals surface area contributed by atoms with Crippen LogP contribution in [0.15, 0.2) is 83.5 Å². The van der Waals surface area contributed by atoms with Gasteiger partial charge in [-0.25, -0.2) is 19.0 Å². The van der Waals surface area contributed by atoms with Gasteiger partial charge < -0.3 is 29.3 Å². The Balaban J connectivity index is 1.20. The molecule has 53 heavy (non-hydrogen) atoms. The number of hydrogen-bond donors (Lipinski definition) is 1. The molecule has 0 unspecified atom stereocenters. The number of aromatic nitrogens is 1. The second-order valence-electron chi connectivity index (χ2n) is 12.0. The van der Waals surface area contributed by atoms with E-state index in [-0.39, 0.29) is 22.9 Å². The number of rotatable bonds is 11. The molecule has 3 heterocycles. The van der Waals surface area contributed by atoms with Crippen LogP contribution in [0.5, 0.6) is 23.0 Å². The van der Waals surface area contributed by atoms with Crippen LogP contribution in [0.3, 0.4) is 0 Å². The van der Waals surface area contributed by atoms with E-state index in [0.29, 0.717) is 35.1 Å². The van der Waals surface area contributed by atoms with Crippen LogP contribution in [0.25, 0.3) is 10.9 Å². The first-order valence-electron chi connectivity index (χ1n) is 16.4. The maximum atomic E-state index is 15.4. The number of halogens is 4. The number of nitrogens with one attached hydrogen (secondary N) is 1. The molecule has 0 saturated carbocycles. The van der Waals surface area contributed by atoms with Gasteiger partial charge in [0.15, 0.2) is 46.4 Å². The maximum absolute atomic E-state index is 15.4. The number of likely N-dealkylation sites (tertiary alicyclic amines) is 1. The van der Waals surface area contributed by atoms with E-state index in [4.69, 9.17) is 14.2 Å². The third kappa shape index (κ3) is 8.00. The summed E-state index contributed by atoms with van der Waals surface area (Å²) >= 11 is 0. The first-order chi connectivity index (χ1) is 25.5. The Morgan fingerprint density at radius 2 is 1.75 bits per heavy atom. The predicted octanol–water partition coefficient (Wildman–Crippen LogP) is 6.19. The van der Waals surface area contributed by atoms with Crippen molar-refractivity contribution in [2.24, 2.45) is 5.10 Å². The van der Waals surface area contributed by atoms with E-state index in [1.807, 2.05) is 0 Å². The fraction of sp³-hybridized carbons (Fsp3) is 0.270. The molecule has 1 saturated heterocycles. The topological polar surface area (TPSA) is 126 Å². The molecule has 3 aromatic carbocycles. The van der Waals surface area contributed by atoms with Gasteiger partial charge in [-0.15, -0.1) is 0 Å².